The van der Waals surface area contributed by atoms with Crippen molar-refractivity contribution in [1.29, 1.82) is 0 Å². The molecular weight excluding hydrogens is 380 g/mol. The molecular formula is C29H46O2. The molecule has 2 heteroatoms. The quantitative estimate of drug-likeness (QED) is 0.458. The fraction of sp³-hybridized carbons (Fsp3) is 0.862. The topological polar surface area (TPSA) is 40.5 Å². The maximum Gasteiger partial charge on any atom is 0.0682 e. The Morgan fingerprint density at radius 2 is 1.84 bits per heavy atom. The van der Waals surface area contributed by atoms with Gasteiger partial charge in [0.1, 0.15) is 0 Å². The van der Waals surface area contributed by atoms with E-state index in [0.717, 1.165) is 49.9 Å². The van der Waals surface area contributed by atoms with Gasteiger partial charge in [-0.05, 0) is 117 Å². The van der Waals surface area contributed by atoms with Crippen molar-refractivity contribution in [3.8, 4) is 0 Å². The van der Waals surface area contributed by atoms with Crippen LogP contribution in [0.15, 0.2) is 23.3 Å². The van der Waals surface area contributed by atoms with Gasteiger partial charge in [0.2, 0.25) is 0 Å². The molecule has 9 atom stereocenters. The molecule has 0 bridgehead atoms. The van der Waals surface area contributed by atoms with E-state index in [1.165, 1.54) is 44.9 Å². The number of aliphatic hydroxyl groups excluding tert-OH is 1. The number of rotatable bonds is 6. The zero-order valence-electron chi connectivity index (χ0n) is 20.5. The molecule has 3 fully saturated rings. The monoisotopic (exact) mass is 426 g/mol. The van der Waals surface area contributed by atoms with Crippen LogP contribution in [0.1, 0.15) is 105 Å². The van der Waals surface area contributed by atoms with Crippen LogP contribution in [0, 0.1) is 40.4 Å². The van der Waals surface area contributed by atoms with Crippen molar-refractivity contribution in [2.24, 2.45) is 40.4 Å². The smallest absolute Gasteiger partial charge is 0.0682 e. The van der Waals surface area contributed by atoms with E-state index in [1.54, 1.807) is 11.1 Å². The van der Waals surface area contributed by atoms with E-state index in [0.29, 0.717) is 22.7 Å². The molecule has 0 aromatic rings. The van der Waals surface area contributed by atoms with E-state index in [-0.39, 0.29) is 6.10 Å². The predicted octanol–water partition coefficient (Wildman–Crippen LogP) is 6.81. The Morgan fingerprint density at radius 3 is 2.55 bits per heavy atom. The molecule has 5 aliphatic rings. The van der Waals surface area contributed by atoms with Crippen molar-refractivity contribution < 1.29 is 10.2 Å². The summed E-state index contributed by atoms with van der Waals surface area (Å²) in [5.74, 6) is 3.53. The van der Waals surface area contributed by atoms with Crippen LogP contribution in [0.3, 0.4) is 0 Å². The van der Waals surface area contributed by atoms with Crippen LogP contribution in [-0.4, -0.2) is 21.9 Å². The summed E-state index contributed by atoms with van der Waals surface area (Å²) in [5, 5.41) is 22.0. The second kappa shape index (κ2) is 7.73. The first-order chi connectivity index (χ1) is 14.7. The van der Waals surface area contributed by atoms with E-state index in [2.05, 4.69) is 39.8 Å². The van der Waals surface area contributed by atoms with Crippen molar-refractivity contribution in [2.75, 3.05) is 0 Å². The van der Waals surface area contributed by atoms with Crippen LogP contribution in [0.2, 0.25) is 0 Å². The highest BCUT2D eigenvalue weighted by atomic mass is 16.3. The standard InChI is InChI=1S/C29H46O2/c1-5-29(31)17-16-27(3)21(18-29)9-10-22-24-12-11-23(28(24,4)15-14-25(22)27)19(2)26(30)13-8-20-6-7-20/h6,9,19,22-26,30-31H,5,7-8,10-18H2,1-4H3/t19-,22-,23+,24-,25-,26-,27-,28+,29-/m0/s1. The molecule has 5 rings (SSSR count). The van der Waals surface area contributed by atoms with Crippen LogP contribution in [0.5, 0.6) is 0 Å². The molecule has 5 aliphatic carbocycles. The van der Waals surface area contributed by atoms with Crippen LogP contribution in [-0.2, 0) is 0 Å². The summed E-state index contributed by atoms with van der Waals surface area (Å²) in [4.78, 5) is 0. The van der Waals surface area contributed by atoms with Gasteiger partial charge in [0, 0.05) is 0 Å². The van der Waals surface area contributed by atoms with Crippen molar-refractivity contribution in [3.05, 3.63) is 23.3 Å². The summed E-state index contributed by atoms with van der Waals surface area (Å²) in [7, 11) is 0. The number of hydrogen-bond acceptors (Lipinski definition) is 2. The highest BCUT2D eigenvalue weighted by Gasteiger charge is 2.60. The van der Waals surface area contributed by atoms with Gasteiger partial charge in [0.25, 0.3) is 0 Å². The first-order valence-corrected chi connectivity index (χ1v) is 13.5. The van der Waals surface area contributed by atoms with Crippen LogP contribution < -0.4 is 0 Å². The Balaban J connectivity index is 1.33. The Kier molecular flexibility index (Phi) is 5.53. The molecule has 0 aromatic heterocycles. The molecule has 174 valence electrons. The summed E-state index contributed by atoms with van der Waals surface area (Å²) in [5.41, 5.74) is 3.40. The normalized spacial score (nSPS) is 48.1. The zero-order valence-corrected chi connectivity index (χ0v) is 20.5. The van der Waals surface area contributed by atoms with Crippen molar-refractivity contribution in [3.63, 3.8) is 0 Å². The van der Waals surface area contributed by atoms with Crippen molar-refractivity contribution in [1.82, 2.24) is 0 Å². The van der Waals surface area contributed by atoms with E-state index >= 15 is 0 Å². The molecule has 0 amide bonds. The van der Waals surface area contributed by atoms with E-state index < -0.39 is 5.60 Å². The summed E-state index contributed by atoms with van der Waals surface area (Å²) in [6.45, 7) is 9.63. The number of fused-ring (bicyclic) bond motifs is 5. The van der Waals surface area contributed by atoms with Crippen LogP contribution in [0.4, 0.5) is 0 Å². The Labute approximate surface area is 190 Å². The molecule has 0 spiro atoms. The fourth-order valence-corrected chi connectivity index (χ4v) is 9.06. The molecule has 2 nitrogen and oxygen atoms in total. The van der Waals surface area contributed by atoms with Gasteiger partial charge in [-0.25, -0.2) is 0 Å². The third kappa shape index (κ3) is 3.59. The SMILES string of the molecule is CC[C@]1(O)CC[C@@]2(C)C(=CC[C@H]3[C@@H]4CC[C@H]([C@H](C)[C@@H](O)CCC5=CC5)[C@@]4(C)CC[C@@H]32)C1. The van der Waals surface area contributed by atoms with Gasteiger partial charge in [-0.15, -0.1) is 0 Å². The van der Waals surface area contributed by atoms with Gasteiger partial charge < -0.3 is 10.2 Å². The summed E-state index contributed by atoms with van der Waals surface area (Å²) in [6.07, 6.45) is 18.5. The fourth-order valence-electron chi connectivity index (χ4n) is 9.06. The predicted molar refractivity (Wildman–Crippen MR) is 128 cm³/mol. The largest absolute Gasteiger partial charge is 0.393 e. The molecule has 0 radical (unpaired) electrons. The highest BCUT2D eigenvalue weighted by Crippen LogP contribution is 2.67. The van der Waals surface area contributed by atoms with E-state index in [9.17, 15) is 10.2 Å². The molecule has 0 heterocycles. The maximum atomic E-state index is 11.0. The summed E-state index contributed by atoms with van der Waals surface area (Å²) < 4.78 is 0. The Hall–Kier alpha value is -0.600. The van der Waals surface area contributed by atoms with Gasteiger partial charge in [0.15, 0.2) is 0 Å². The maximum absolute atomic E-state index is 11.0. The first-order valence-electron chi connectivity index (χ1n) is 13.5. The minimum Gasteiger partial charge on any atom is -0.393 e. The lowest BCUT2D eigenvalue weighted by Crippen LogP contribution is -2.52. The van der Waals surface area contributed by atoms with Crippen molar-refractivity contribution >= 4 is 0 Å². The highest BCUT2D eigenvalue weighted by molar-refractivity contribution is 5.27. The van der Waals surface area contributed by atoms with Gasteiger partial charge >= 0.3 is 0 Å². The van der Waals surface area contributed by atoms with E-state index in [4.69, 9.17) is 0 Å². The molecule has 0 aromatic carbocycles. The van der Waals surface area contributed by atoms with Crippen LogP contribution in [0.25, 0.3) is 0 Å². The third-order valence-electron chi connectivity index (χ3n) is 11.5. The Bertz CT molecular complexity index is 767. The second-order valence-electron chi connectivity index (χ2n) is 12.8. The zero-order chi connectivity index (χ0) is 22.0. The number of aliphatic hydroxyl groups is 2. The minimum atomic E-state index is -0.456. The molecule has 3 saturated carbocycles. The lowest BCUT2D eigenvalue weighted by atomic mass is 9.46. The number of hydrogen-bond donors (Lipinski definition) is 2. The first kappa shape index (κ1) is 22.2. The molecule has 0 aliphatic heterocycles. The van der Waals surface area contributed by atoms with E-state index in [1.807, 2.05) is 0 Å². The minimum absolute atomic E-state index is 0.139. The Morgan fingerprint density at radius 1 is 1.06 bits per heavy atom. The lowest BCUT2D eigenvalue weighted by molar-refractivity contribution is -0.0816. The van der Waals surface area contributed by atoms with Gasteiger partial charge in [0.05, 0.1) is 11.7 Å². The lowest BCUT2D eigenvalue weighted by Gasteiger charge is -2.59. The average Bonchev–Trinajstić information content (AvgIpc) is 3.52. The van der Waals surface area contributed by atoms with Crippen molar-refractivity contribution in [2.45, 2.75) is 116 Å². The average molecular weight is 427 g/mol. The molecule has 2 N–H and O–H groups in total. The second-order valence-corrected chi connectivity index (χ2v) is 12.8. The summed E-state index contributed by atoms with van der Waals surface area (Å²) >= 11 is 0. The third-order valence-corrected chi connectivity index (χ3v) is 11.5. The van der Waals surface area contributed by atoms with Gasteiger partial charge in [-0.1, -0.05) is 51.0 Å². The molecule has 0 unspecified atom stereocenters. The summed E-state index contributed by atoms with van der Waals surface area (Å²) in [6, 6.07) is 0. The molecule has 31 heavy (non-hydrogen) atoms. The molecule has 0 saturated heterocycles. The van der Waals surface area contributed by atoms with Gasteiger partial charge in [-0.2, -0.15) is 0 Å². The van der Waals surface area contributed by atoms with Crippen LogP contribution >= 0.6 is 0 Å². The number of allylic oxidation sites excluding steroid dienone is 3. The van der Waals surface area contributed by atoms with Gasteiger partial charge in [-0.3, -0.25) is 0 Å².